The van der Waals surface area contributed by atoms with Crippen molar-refractivity contribution >= 4 is 5.97 Å². The summed E-state index contributed by atoms with van der Waals surface area (Å²) in [5.74, 6) is 0.00917. The molecule has 0 fully saturated rings. The van der Waals surface area contributed by atoms with Crippen LogP contribution in [0.4, 0.5) is 0 Å². The predicted molar refractivity (Wildman–Crippen MR) is 141 cm³/mol. The van der Waals surface area contributed by atoms with Crippen molar-refractivity contribution in [2.24, 2.45) is 0 Å². The van der Waals surface area contributed by atoms with E-state index in [-0.39, 0.29) is 12.2 Å². The van der Waals surface area contributed by atoms with Gasteiger partial charge >= 0.3 is 5.97 Å². The Morgan fingerprint density at radius 3 is 1.38 bits per heavy atom. The van der Waals surface area contributed by atoms with Crippen LogP contribution in [0.2, 0.25) is 0 Å². The van der Waals surface area contributed by atoms with E-state index in [1.165, 1.54) is 109 Å². The van der Waals surface area contributed by atoms with Crippen LogP contribution < -0.4 is 0 Å². The molecule has 0 radical (unpaired) electrons. The summed E-state index contributed by atoms with van der Waals surface area (Å²) in [4.78, 5) is 12.4. The van der Waals surface area contributed by atoms with E-state index in [4.69, 9.17) is 4.74 Å². The van der Waals surface area contributed by atoms with Gasteiger partial charge in [0.2, 0.25) is 6.23 Å². The fourth-order valence-electron chi connectivity index (χ4n) is 4.66. The van der Waals surface area contributed by atoms with Crippen LogP contribution in [0.15, 0.2) is 0 Å². The lowest BCUT2D eigenvalue weighted by molar-refractivity contribution is -0.935. The van der Waals surface area contributed by atoms with Gasteiger partial charge in [0.15, 0.2) is 0 Å². The van der Waals surface area contributed by atoms with E-state index < -0.39 is 0 Å². The van der Waals surface area contributed by atoms with Gasteiger partial charge in [-0.2, -0.15) is 0 Å². The van der Waals surface area contributed by atoms with Crippen LogP contribution in [-0.2, 0) is 9.53 Å². The average Bonchev–Trinajstić information content (AvgIpc) is 2.77. The summed E-state index contributed by atoms with van der Waals surface area (Å²) in [6.45, 7) is 7.79. The third-order valence-electron chi connectivity index (χ3n) is 6.97. The molecule has 3 nitrogen and oxygen atoms in total. The molecule has 0 bridgehead atoms. The van der Waals surface area contributed by atoms with Gasteiger partial charge in [-0.3, -0.25) is 9.28 Å². The van der Waals surface area contributed by atoms with Gasteiger partial charge in [-0.1, -0.05) is 124 Å². The molecule has 0 aliphatic heterocycles. The van der Waals surface area contributed by atoms with Crippen LogP contribution >= 0.6 is 0 Å². The van der Waals surface area contributed by atoms with Crippen molar-refractivity contribution in [2.75, 3.05) is 20.6 Å². The first kappa shape index (κ1) is 31.4. The summed E-state index contributed by atoms with van der Waals surface area (Å²) >= 11 is 0. The maximum absolute atomic E-state index is 12.4. The van der Waals surface area contributed by atoms with E-state index in [0.29, 0.717) is 6.42 Å². The zero-order valence-electron chi connectivity index (χ0n) is 22.9. The molecule has 32 heavy (non-hydrogen) atoms. The summed E-state index contributed by atoms with van der Waals surface area (Å²) in [6, 6.07) is 0. The van der Waals surface area contributed by atoms with Crippen LogP contribution in [0.5, 0.6) is 0 Å². The van der Waals surface area contributed by atoms with E-state index >= 15 is 0 Å². The molecule has 0 aromatic carbocycles. The van der Waals surface area contributed by atoms with Gasteiger partial charge in [-0.15, -0.1) is 0 Å². The molecular weight excluding hydrogens is 394 g/mol. The number of quaternary nitrogens is 1. The summed E-state index contributed by atoms with van der Waals surface area (Å²) in [5.41, 5.74) is 0. The van der Waals surface area contributed by atoms with Crippen molar-refractivity contribution in [3.05, 3.63) is 0 Å². The van der Waals surface area contributed by atoms with Gasteiger partial charge in [0.1, 0.15) is 0 Å². The smallest absolute Gasteiger partial charge is 0.310 e. The molecule has 0 aromatic rings. The minimum atomic E-state index is -0.000220. The average molecular weight is 455 g/mol. The van der Waals surface area contributed by atoms with Gasteiger partial charge in [0, 0.05) is 12.8 Å². The van der Waals surface area contributed by atoms with E-state index in [0.717, 1.165) is 30.3 Å². The standard InChI is InChI=1S/C29H60NO2/c1-6-9-11-13-15-17-18-19-20-22-24-26-29(31)32-28(8-3)30(4,5)27-25-23-21-16-14-12-10-7-2/h28H,6-27H2,1-5H3/q+1. The van der Waals surface area contributed by atoms with E-state index in [9.17, 15) is 4.79 Å². The highest BCUT2D eigenvalue weighted by atomic mass is 16.6. The quantitative estimate of drug-likeness (QED) is 0.0628. The number of unbranched alkanes of at least 4 members (excludes halogenated alkanes) is 17. The molecule has 0 aliphatic carbocycles. The molecule has 0 heterocycles. The molecule has 0 rings (SSSR count). The number of ether oxygens (including phenoxy) is 1. The van der Waals surface area contributed by atoms with Gasteiger partial charge in [0.25, 0.3) is 0 Å². The SMILES string of the molecule is CCCCCCCCCCCCCC(=O)OC(CC)[N+](C)(C)CCCCCCCCCC. The summed E-state index contributed by atoms with van der Waals surface area (Å²) in [6.07, 6.45) is 26.6. The third kappa shape index (κ3) is 18.9. The molecule has 0 saturated heterocycles. The lowest BCUT2D eigenvalue weighted by Gasteiger charge is -2.36. The number of carbonyl (C=O) groups is 1. The van der Waals surface area contributed by atoms with Crippen molar-refractivity contribution < 1.29 is 14.0 Å². The minimum absolute atomic E-state index is 0.000220. The van der Waals surface area contributed by atoms with Gasteiger partial charge in [-0.05, 0) is 19.3 Å². The van der Waals surface area contributed by atoms with Crippen molar-refractivity contribution in [1.82, 2.24) is 0 Å². The van der Waals surface area contributed by atoms with Crippen molar-refractivity contribution in [1.29, 1.82) is 0 Å². The normalized spacial score (nSPS) is 12.8. The van der Waals surface area contributed by atoms with Gasteiger partial charge < -0.3 is 4.74 Å². The Balaban J connectivity index is 3.79. The van der Waals surface area contributed by atoms with Crippen molar-refractivity contribution in [3.63, 3.8) is 0 Å². The maximum atomic E-state index is 12.4. The maximum Gasteiger partial charge on any atom is 0.310 e. The lowest BCUT2D eigenvalue weighted by Crippen LogP contribution is -2.51. The highest BCUT2D eigenvalue weighted by Crippen LogP contribution is 2.18. The second kappa shape index (κ2) is 22.2. The Labute approximate surface area is 202 Å². The Morgan fingerprint density at radius 2 is 0.969 bits per heavy atom. The highest BCUT2D eigenvalue weighted by Gasteiger charge is 2.29. The fraction of sp³-hybridized carbons (Fsp3) is 0.966. The Morgan fingerprint density at radius 1 is 0.594 bits per heavy atom. The van der Waals surface area contributed by atoms with E-state index in [2.05, 4.69) is 34.9 Å². The number of hydrogen-bond acceptors (Lipinski definition) is 2. The minimum Gasteiger partial charge on any atom is -0.412 e. The first-order valence-electron chi connectivity index (χ1n) is 14.5. The molecule has 0 N–H and O–H groups in total. The zero-order valence-corrected chi connectivity index (χ0v) is 22.9. The molecule has 3 heteroatoms. The summed E-state index contributed by atoms with van der Waals surface area (Å²) < 4.78 is 6.71. The third-order valence-corrected chi connectivity index (χ3v) is 6.97. The van der Waals surface area contributed by atoms with Crippen LogP contribution in [0.25, 0.3) is 0 Å². The Bertz CT molecular complexity index is 408. The number of nitrogens with zero attached hydrogens (tertiary/aromatic N) is 1. The second-order valence-electron chi connectivity index (χ2n) is 10.6. The molecule has 1 atom stereocenters. The fourth-order valence-corrected chi connectivity index (χ4v) is 4.66. The predicted octanol–water partition coefficient (Wildman–Crippen LogP) is 9.18. The number of rotatable bonds is 24. The molecule has 0 spiro atoms. The molecule has 0 amide bonds. The second-order valence-corrected chi connectivity index (χ2v) is 10.6. The molecule has 0 saturated carbocycles. The number of hydrogen-bond donors (Lipinski definition) is 0. The van der Waals surface area contributed by atoms with Crippen molar-refractivity contribution in [3.8, 4) is 0 Å². The van der Waals surface area contributed by atoms with Gasteiger partial charge in [0.05, 0.1) is 20.6 Å². The Kier molecular flexibility index (Phi) is 21.8. The largest absolute Gasteiger partial charge is 0.412 e. The molecular formula is C29H60NO2+. The molecule has 0 aliphatic rings. The molecule has 192 valence electrons. The van der Waals surface area contributed by atoms with E-state index in [1.807, 2.05) is 0 Å². The molecule has 1 unspecified atom stereocenters. The molecule has 0 aromatic heterocycles. The monoisotopic (exact) mass is 454 g/mol. The van der Waals surface area contributed by atoms with Crippen LogP contribution in [0.3, 0.4) is 0 Å². The first-order chi connectivity index (χ1) is 15.5. The number of carbonyl (C=O) groups excluding carboxylic acids is 1. The van der Waals surface area contributed by atoms with E-state index in [1.54, 1.807) is 0 Å². The zero-order chi connectivity index (χ0) is 23.9. The first-order valence-corrected chi connectivity index (χ1v) is 14.5. The summed E-state index contributed by atoms with van der Waals surface area (Å²) in [7, 11) is 4.45. The van der Waals surface area contributed by atoms with Crippen LogP contribution in [0.1, 0.15) is 156 Å². The van der Waals surface area contributed by atoms with Crippen LogP contribution in [-0.4, -0.2) is 37.3 Å². The van der Waals surface area contributed by atoms with Gasteiger partial charge in [-0.25, -0.2) is 0 Å². The van der Waals surface area contributed by atoms with Crippen LogP contribution in [0, 0.1) is 0 Å². The topological polar surface area (TPSA) is 26.3 Å². The lowest BCUT2D eigenvalue weighted by atomic mass is 10.1. The Hall–Kier alpha value is -0.570. The number of esters is 1. The van der Waals surface area contributed by atoms with Crippen molar-refractivity contribution in [2.45, 2.75) is 162 Å². The summed E-state index contributed by atoms with van der Waals surface area (Å²) in [5, 5.41) is 0. The highest BCUT2D eigenvalue weighted by molar-refractivity contribution is 5.69.